The van der Waals surface area contributed by atoms with Crippen molar-refractivity contribution in [2.24, 2.45) is 7.05 Å². The van der Waals surface area contributed by atoms with Gasteiger partial charge in [-0.25, -0.2) is 0 Å². The Morgan fingerprint density at radius 2 is 2.00 bits per heavy atom. The maximum Gasteiger partial charge on any atom is 0.240 e. The van der Waals surface area contributed by atoms with Crippen molar-refractivity contribution in [1.82, 2.24) is 19.6 Å². The molecule has 0 aliphatic carbocycles. The highest BCUT2D eigenvalue weighted by atomic mass is 16.5. The van der Waals surface area contributed by atoms with Crippen molar-refractivity contribution in [1.29, 1.82) is 0 Å². The summed E-state index contributed by atoms with van der Waals surface area (Å²) in [6.07, 6.45) is 5.73. The summed E-state index contributed by atoms with van der Waals surface area (Å²) in [6, 6.07) is 10.4. The second-order valence-electron chi connectivity index (χ2n) is 7.40. The number of ether oxygens (including phenoxy) is 1. The smallest absolute Gasteiger partial charge is 0.240 e. The van der Waals surface area contributed by atoms with Crippen LogP contribution in [0.2, 0.25) is 0 Å². The Bertz CT molecular complexity index is 760. The van der Waals surface area contributed by atoms with Crippen molar-refractivity contribution in [3.8, 4) is 0 Å². The number of aryl methyl sites for hydroxylation is 1. The lowest BCUT2D eigenvalue weighted by molar-refractivity contribution is -0.144. The molecule has 138 valence electrons. The van der Waals surface area contributed by atoms with Crippen LogP contribution in [0.15, 0.2) is 42.7 Å². The second kappa shape index (κ2) is 7.21. The van der Waals surface area contributed by atoms with Crippen LogP contribution < -0.4 is 0 Å². The van der Waals surface area contributed by atoms with Crippen molar-refractivity contribution in [3.63, 3.8) is 0 Å². The number of amides is 1. The first kappa shape index (κ1) is 17.2. The highest BCUT2D eigenvalue weighted by Gasteiger charge is 2.45. The molecular formula is C20H26N4O2. The molecule has 6 heteroatoms. The van der Waals surface area contributed by atoms with Gasteiger partial charge < -0.3 is 9.64 Å². The predicted octanol–water partition coefficient (Wildman–Crippen LogP) is 1.46. The minimum atomic E-state index is -0.135. The summed E-state index contributed by atoms with van der Waals surface area (Å²) in [6.45, 7) is 2.35. The summed E-state index contributed by atoms with van der Waals surface area (Å²) in [5.41, 5.74) is 2.34. The van der Waals surface area contributed by atoms with E-state index in [0.29, 0.717) is 6.54 Å². The zero-order valence-corrected chi connectivity index (χ0v) is 15.4. The number of aromatic nitrogens is 2. The average Bonchev–Trinajstić information content (AvgIpc) is 3.25. The van der Waals surface area contributed by atoms with Crippen LogP contribution in [-0.4, -0.2) is 63.9 Å². The molecule has 2 aliphatic heterocycles. The van der Waals surface area contributed by atoms with Crippen LogP contribution in [0.5, 0.6) is 0 Å². The zero-order chi connectivity index (χ0) is 18.1. The van der Waals surface area contributed by atoms with Gasteiger partial charge in [-0.2, -0.15) is 5.10 Å². The molecule has 4 rings (SSSR count). The summed E-state index contributed by atoms with van der Waals surface area (Å²) in [5.74, 6) is 0.230. The summed E-state index contributed by atoms with van der Waals surface area (Å²) in [5, 5.41) is 4.28. The fourth-order valence-electron chi connectivity index (χ4n) is 4.25. The van der Waals surface area contributed by atoms with Crippen molar-refractivity contribution >= 4 is 5.91 Å². The van der Waals surface area contributed by atoms with E-state index in [2.05, 4.69) is 22.1 Å². The Morgan fingerprint density at radius 1 is 1.19 bits per heavy atom. The van der Waals surface area contributed by atoms with Gasteiger partial charge in [0, 0.05) is 51.6 Å². The van der Waals surface area contributed by atoms with E-state index in [-0.39, 0.29) is 24.1 Å². The molecule has 2 aromatic rings. The molecule has 3 atom stereocenters. The van der Waals surface area contributed by atoms with E-state index < -0.39 is 0 Å². The molecule has 0 bridgehead atoms. The van der Waals surface area contributed by atoms with Gasteiger partial charge in [0.1, 0.15) is 0 Å². The number of fused-ring (bicyclic) bond motifs is 1. The van der Waals surface area contributed by atoms with Gasteiger partial charge in [0.2, 0.25) is 5.91 Å². The molecule has 26 heavy (non-hydrogen) atoms. The van der Waals surface area contributed by atoms with Crippen LogP contribution >= 0.6 is 0 Å². The third-order valence-electron chi connectivity index (χ3n) is 5.58. The summed E-state index contributed by atoms with van der Waals surface area (Å²) in [7, 11) is 3.66. The minimum absolute atomic E-state index is 0.135. The Morgan fingerprint density at radius 3 is 2.69 bits per heavy atom. The molecule has 0 N–H and O–H groups in total. The normalized spacial score (nSPS) is 26.3. The van der Waals surface area contributed by atoms with Crippen LogP contribution in [0.3, 0.4) is 0 Å². The summed E-state index contributed by atoms with van der Waals surface area (Å²) < 4.78 is 7.35. The van der Waals surface area contributed by atoms with Gasteiger partial charge in [0.05, 0.1) is 18.3 Å². The van der Waals surface area contributed by atoms with E-state index in [0.717, 1.165) is 31.5 Å². The molecule has 1 amide bonds. The van der Waals surface area contributed by atoms with E-state index in [9.17, 15) is 4.79 Å². The van der Waals surface area contributed by atoms with Crippen LogP contribution in [0.4, 0.5) is 0 Å². The quantitative estimate of drug-likeness (QED) is 0.816. The second-order valence-corrected chi connectivity index (χ2v) is 7.40. The molecule has 2 fully saturated rings. The van der Waals surface area contributed by atoms with Crippen LogP contribution in [0.25, 0.3) is 0 Å². The SMILES string of the molecule is CO[C@H]1C[C@H]2CN(Cc3cnn(C)c3)[C@@H](Cc3ccccc3)C(=O)N2C1. The number of methoxy groups -OCH3 is 1. The number of benzene rings is 1. The maximum atomic E-state index is 13.3. The lowest BCUT2D eigenvalue weighted by Crippen LogP contribution is -2.59. The molecular weight excluding hydrogens is 328 g/mol. The lowest BCUT2D eigenvalue weighted by atomic mass is 9.98. The van der Waals surface area contributed by atoms with Crippen molar-refractivity contribution < 1.29 is 9.53 Å². The number of piperazine rings is 1. The largest absolute Gasteiger partial charge is 0.380 e. The van der Waals surface area contributed by atoms with E-state index in [1.54, 1.807) is 7.11 Å². The van der Waals surface area contributed by atoms with Crippen molar-refractivity contribution in [2.45, 2.75) is 37.6 Å². The van der Waals surface area contributed by atoms with Gasteiger partial charge >= 0.3 is 0 Å². The van der Waals surface area contributed by atoms with Crippen molar-refractivity contribution in [2.75, 3.05) is 20.2 Å². The molecule has 6 nitrogen and oxygen atoms in total. The molecule has 0 spiro atoms. The number of hydrogen-bond donors (Lipinski definition) is 0. The first-order valence-corrected chi connectivity index (χ1v) is 9.23. The number of nitrogens with zero attached hydrogens (tertiary/aromatic N) is 4. The van der Waals surface area contributed by atoms with Gasteiger partial charge in [-0.3, -0.25) is 14.4 Å². The zero-order valence-electron chi connectivity index (χ0n) is 15.4. The highest BCUT2D eigenvalue weighted by Crippen LogP contribution is 2.29. The van der Waals surface area contributed by atoms with E-state index >= 15 is 0 Å². The lowest BCUT2D eigenvalue weighted by Gasteiger charge is -2.42. The number of hydrogen-bond acceptors (Lipinski definition) is 4. The average molecular weight is 354 g/mol. The Kier molecular flexibility index (Phi) is 4.78. The highest BCUT2D eigenvalue weighted by molar-refractivity contribution is 5.84. The van der Waals surface area contributed by atoms with Gasteiger partial charge in [0.15, 0.2) is 0 Å². The van der Waals surface area contributed by atoms with E-state index in [4.69, 9.17) is 4.74 Å². The molecule has 0 unspecified atom stereocenters. The molecule has 3 heterocycles. The fourth-order valence-corrected chi connectivity index (χ4v) is 4.25. The standard InChI is InChI=1S/C20H26N4O2/c1-22-11-16(10-21-22)12-23-13-17-9-18(26-2)14-24(17)20(25)19(23)8-15-6-4-3-5-7-15/h3-7,10-11,17-19H,8-9,12-14H2,1-2H3/t17-,18-,19-/m0/s1. The predicted molar refractivity (Wildman–Crippen MR) is 98.5 cm³/mol. The Balaban J connectivity index is 1.58. The van der Waals surface area contributed by atoms with E-state index in [1.165, 1.54) is 5.56 Å². The molecule has 1 aromatic carbocycles. The first-order chi connectivity index (χ1) is 12.6. The number of rotatable bonds is 5. The van der Waals surface area contributed by atoms with Gasteiger partial charge in [-0.05, 0) is 18.4 Å². The third kappa shape index (κ3) is 3.39. The topological polar surface area (TPSA) is 50.6 Å². The monoisotopic (exact) mass is 354 g/mol. The third-order valence-corrected chi connectivity index (χ3v) is 5.58. The maximum absolute atomic E-state index is 13.3. The molecule has 1 aromatic heterocycles. The molecule has 2 saturated heterocycles. The number of carbonyl (C=O) groups excluding carboxylic acids is 1. The van der Waals surface area contributed by atoms with Crippen LogP contribution in [-0.2, 0) is 29.5 Å². The van der Waals surface area contributed by atoms with Crippen LogP contribution in [0, 0.1) is 0 Å². The molecule has 0 saturated carbocycles. The van der Waals surface area contributed by atoms with Crippen LogP contribution in [0.1, 0.15) is 17.5 Å². The molecule has 0 radical (unpaired) electrons. The fraction of sp³-hybridized carbons (Fsp3) is 0.500. The van der Waals surface area contributed by atoms with E-state index in [1.807, 2.05) is 47.2 Å². The van der Waals surface area contributed by atoms with Crippen molar-refractivity contribution in [3.05, 3.63) is 53.9 Å². The molecule has 2 aliphatic rings. The minimum Gasteiger partial charge on any atom is -0.380 e. The van der Waals surface area contributed by atoms with Gasteiger partial charge in [-0.15, -0.1) is 0 Å². The summed E-state index contributed by atoms with van der Waals surface area (Å²) >= 11 is 0. The Labute approximate surface area is 154 Å². The van der Waals surface area contributed by atoms with Gasteiger partial charge in [-0.1, -0.05) is 30.3 Å². The first-order valence-electron chi connectivity index (χ1n) is 9.23. The number of carbonyl (C=O) groups is 1. The Hall–Kier alpha value is -2.18. The van der Waals surface area contributed by atoms with Gasteiger partial charge in [0.25, 0.3) is 0 Å². The summed E-state index contributed by atoms with van der Waals surface area (Å²) in [4.78, 5) is 17.7.